The number of hydrogen-bond acceptors (Lipinski definition) is 3. The zero-order chi connectivity index (χ0) is 12.0. The maximum absolute atomic E-state index is 11.8. The average Bonchev–Trinajstić information content (AvgIpc) is 2.29. The Balaban J connectivity index is 2.77. The summed E-state index contributed by atoms with van der Waals surface area (Å²) in [5.41, 5.74) is 0.481. The Morgan fingerprint density at radius 2 is 2.25 bits per heavy atom. The number of amides is 1. The maximum atomic E-state index is 11.8. The minimum absolute atomic E-state index is 0.164. The van der Waals surface area contributed by atoms with E-state index >= 15 is 0 Å². The predicted molar refractivity (Wildman–Crippen MR) is 60.2 cm³/mol. The van der Waals surface area contributed by atoms with Crippen molar-refractivity contribution in [2.24, 2.45) is 0 Å². The lowest BCUT2D eigenvalue weighted by Crippen LogP contribution is -2.32. The largest absolute Gasteiger partial charge is 0.496 e. The first-order valence-electron chi connectivity index (χ1n) is 5.00. The number of carbonyl (C=O) groups is 1. The van der Waals surface area contributed by atoms with Crippen LogP contribution in [0.4, 0.5) is 0 Å². The molecule has 4 nitrogen and oxygen atoms in total. The third-order valence-corrected chi connectivity index (χ3v) is 2.13. The molecule has 1 N–H and O–H groups in total. The smallest absolute Gasteiger partial charge is 0.255 e. The van der Waals surface area contributed by atoms with E-state index in [4.69, 9.17) is 10.00 Å². The predicted octanol–water partition coefficient (Wildman–Crippen LogP) is 1.73. The van der Waals surface area contributed by atoms with E-state index in [9.17, 15) is 4.79 Å². The molecule has 0 aliphatic rings. The fraction of sp³-hybridized carbons (Fsp3) is 0.333. The van der Waals surface area contributed by atoms with Gasteiger partial charge in [0.15, 0.2) is 0 Å². The number of para-hydroxylation sites is 1. The van der Waals surface area contributed by atoms with Crippen molar-refractivity contribution in [1.82, 2.24) is 5.32 Å². The number of ether oxygens (including phenoxy) is 1. The molecule has 0 aromatic heterocycles. The molecule has 1 atom stereocenters. The highest BCUT2D eigenvalue weighted by atomic mass is 16.5. The Bertz CT molecular complexity index is 410. The van der Waals surface area contributed by atoms with Gasteiger partial charge >= 0.3 is 0 Å². The van der Waals surface area contributed by atoms with E-state index in [2.05, 4.69) is 5.32 Å². The van der Waals surface area contributed by atoms with Crippen LogP contribution < -0.4 is 10.1 Å². The third-order valence-electron chi connectivity index (χ3n) is 2.13. The second kappa shape index (κ2) is 5.76. The van der Waals surface area contributed by atoms with Gasteiger partial charge in [0.2, 0.25) is 0 Å². The first-order chi connectivity index (χ1) is 7.69. The van der Waals surface area contributed by atoms with Gasteiger partial charge in [-0.3, -0.25) is 4.79 Å². The molecule has 0 spiro atoms. The van der Waals surface area contributed by atoms with Crippen molar-refractivity contribution in [1.29, 1.82) is 5.26 Å². The lowest BCUT2D eigenvalue weighted by molar-refractivity contribution is 0.0938. The third kappa shape index (κ3) is 2.99. The zero-order valence-electron chi connectivity index (χ0n) is 9.36. The summed E-state index contributed by atoms with van der Waals surface area (Å²) in [7, 11) is 1.52. The Labute approximate surface area is 94.8 Å². The van der Waals surface area contributed by atoms with Crippen molar-refractivity contribution >= 4 is 5.91 Å². The fourth-order valence-corrected chi connectivity index (χ4v) is 1.32. The maximum Gasteiger partial charge on any atom is 0.255 e. The second-order valence-electron chi connectivity index (χ2n) is 3.44. The lowest BCUT2D eigenvalue weighted by atomic mass is 10.1. The zero-order valence-corrected chi connectivity index (χ0v) is 9.36. The van der Waals surface area contributed by atoms with Gasteiger partial charge in [-0.05, 0) is 19.1 Å². The average molecular weight is 218 g/mol. The van der Waals surface area contributed by atoms with Crippen molar-refractivity contribution in [3.05, 3.63) is 29.8 Å². The van der Waals surface area contributed by atoms with E-state index in [1.54, 1.807) is 31.2 Å². The Hall–Kier alpha value is -2.02. The minimum atomic E-state index is -0.222. The van der Waals surface area contributed by atoms with Crippen LogP contribution >= 0.6 is 0 Å². The van der Waals surface area contributed by atoms with Gasteiger partial charge in [0.05, 0.1) is 25.2 Å². The summed E-state index contributed by atoms with van der Waals surface area (Å²) in [5, 5.41) is 11.2. The Morgan fingerprint density at radius 1 is 1.56 bits per heavy atom. The number of nitrogens with one attached hydrogen (secondary N) is 1. The molecule has 1 aromatic rings. The quantitative estimate of drug-likeness (QED) is 0.837. The number of nitriles is 1. The molecular formula is C12H14N2O2. The summed E-state index contributed by atoms with van der Waals surface area (Å²) in [5.74, 6) is 0.310. The van der Waals surface area contributed by atoms with Crippen LogP contribution in [0.2, 0.25) is 0 Å². The van der Waals surface area contributed by atoms with Gasteiger partial charge in [0.1, 0.15) is 5.75 Å². The molecule has 0 bridgehead atoms. The summed E-state index contributed by atoms with van der Waals surface area (Å²) < 4.78 is 5.08. The van der Waals surface area contributed by atoms with Crippen LogP contribution in [0.1, 0.15) is 23.7 Å². The van der Waals surface area contributed by atoms with E-state index in [0.717, 1.165) is 0 Å². The first-order valence-corrected chi connectivity index (χ1v) is 5.00. The summed E-state index contributed by atoms with van der Waals surface area (Å²) in [6, 6.07) is 8.83. The van der Waals surface area contributed by atoms with Crippen molar-refractivity contribution in [2.75, 3.05) is 7.11 Å². The molecular weight excluding hydrogens is 204 g/mol. The molecule has 1 rings (SSSR count). The molecule has 0 heterocycles. The van der Waals surface area contributed by atoms with Crippen LogP contribution in [0, 0.1) is 11.3 Å². The van der Waals surface area contributed by atoms with Crippen LogP contribution in [0.15, 0.2) is 24.3 Å². The number of rotatable bonds is 4. The van der Waals surface area contributed by atoms with Crippen LogP contribution in [0.3, 0.4) is 0 Å². The van der Waals surface area contributed by atoms with E-state index in [0.29, 0.717) is 17.7 Å². The van der Waals surface area contributed by atoms with Gasteiger partial charge in [-0.15, -0.1) is 0 Å². The van der Waals surface area contributed by atoms with Gasteiger partial charge in [0.25, 0.3) is 5.91 Å². The van der Waals surface area contributed by atoms with Gasteiger partial charge in [0, 0.05) is 6.04 Å². The second-order valence-corrected chi connectivity index (χ2v) is 3.44. The number of carbonyl (C=O) groups excluding carboxylic acids is 1. The molecule has 16 heavy (non-hydrogen) atoms. The molecule has 0 fully saturated rings. The molecule has 0 aliphatic heterocycles. The summed E-state index contributed by atoms with van der Waals surface area (Å²) in [4.78, 5) is 11.8. The van der Waals surface area contributed by atoms with Gasteiger partial charge in [-0.2, -0.15) is 5.26 Å². The van der Waals surface area contributed by atoms with Crippen molar-refractivity contribution < 1.29 is 9.53 Å². The first kappa shape index (κ1) is 12.1. The monoisotopic (exact) mass is 218 g/mol. The summed E-state index contributed by atoms with van der Waals surface area (Å²) >= 11 is 0. The van der Waals surface area contributed by atoms with E-state index in [-0.39, 0.29) is 11.9 Å². The Morgan fingerprint density at radius 3 is 2.88 bits per heavy atom. The molecule has 1 amide bonds. The summed E-state index contributed by atoms with van der Waals surface area (Å²) in [6.45, 7) is 1.79. The molecule has 1 unspecified atom stereocenters. The number of hydrogen-bond donors (Lipinski definition) is 1. The topological polar surface area (TPSA) is 62.1 Å². The van der Waals surface area contributed by atoms with Gasteiger partial charge in [-0.1, -0.05) is 12.1 Å². The molecule has 1 aromatic carbocycles. The van der Waals surface area contributed by atoms with E-state index in [1.165, 1.54) is 7.11 Å². The van der Waals surface area contributed by atoms with Crippen LogP contribution in [-0.2, 0) is 0 Å². The summed E-state index contributed by atoms with van der Waals surface area (Å²) in [6.07, 6.45) is 0.293. The van der Waals surface area contributed by atoms with Crippen LogP contribution in [-0.4, -0.2) is 19.1 Å². The van der Waals surface area contributed by atoms with Gasteiger partial charge in [-0.25, -0.2) is 0 Å². The molecule has 4 heteroatoms. The van der Waals surface area contributed by atoms with Crippen LogP contribution in [0.5, 0.6) is 5.75 Å². The highest BCUT2D eigenvalue weighted by Gasteiger charge is 2.13. The molecule has 0 saturated heterocycles. The number of methoxy groups -OCH3 is 1. The molecule has 0 aliphatic carbocycles. The highest BCUT2D eigenvalue weighted by molar-refractivity contribution is 5.97. The lowest BCUT2D eigenvalue weighted by Gasteiger charge is -2.12. The van der Waals surface area contributed by atoms with Crippen molar-refractivity contribution in [3.8, 4) is 11.8 Å². The Kier molecular flexibility index (Phi) is 4.34. The SMILES string of the molecule is COc1ccccc1C(=O)NC(C)CC#N. The number of benzene rings is 1. The van der Waals surface area contributed by atoms with E-state index in [1.807, 2.05) is 6.07 Å². The highest BCUT2D eigenvalue weighted by Crippen LogP contribution is 2.17. The van der Waals surface area contributed by atoms with Gasteiger partial charge < -0.3 is 10.1 Å². The van der Waals surface area contributed by atoms with Crippen molar-refractivity contribution in [2.45, 2.75) is 19.4 Å². The molecule has 0 saturated carbocycles. The molecule has 84 valence electrons. The standard InChI is InChI=1S/C12H14N2O2/c1-9(7-8-13)14-12(15)10-5-3-4-6-11(10)16-2/h3-6,9H,7H2,1-2H3,(H,14,15). The van der Waals surface area contributed by atoms with Crippen LogP contribution in [0.25, 0.3) is 0 Å². The normalized spacial score (nSPS) is 11.3. The van der Waals surface area contributed by atoms with E-state index < -0.39 is 0 Å². The fourth-order valence-electron chi connectivity index (χ4n) is 1.32. The molecule has 0 radical (unpaired) electrons. The number of nitrogens with zero attached hydrogens (tertiary/aromatic N) is 1. The van der Waals surface area contributed by atoms with Crippen molar-refractivity contribution in [3.63, 3.8) is 0 Å². The minimum Gasteiger partial charge on any atom is -0.496 e.